The van der Waals surface area contributed by atoms with Gasteiger partial charge >= 0.3 is 0 Å². The molecule has 5 rings (SSSR count). The third kappa shape index (κ3) is 17.9. The van der Waals surface area contributed by atoms with Gasteiger partial charge in [0.2, 0.25) is 47.3 Å². The Morgan fingerprint density at radius 1 is 0.338 bits per heavy atom. The average molecular weight is 1110 g/mol. The molecule has 0 aromatic heterocycles. The van der Waals surface area contributed by atoms with Crippen LogP contribution in [0.25, 0.3) is 0 Å². The molecule has 0 saturated heterocycles. The molecule has 20 nitrogen and oxygen atoms in total. The van der Waals surface area contributed by atoms with Gasteiger partial charge in [0.1, 0.15) is 47.2 Å². The van der Waals surface area contributed by atoms with Crippen LogP contribution in [-0.4, -0.2) is 97.9 Å². The maximum atomic E-state index is 13.9. The zero-order chi connectivity index (χ0) is 58.8. The van der Waals surface area contributed by atoms with Gasteiger partial charge in [0.25, 0.3) is 0 Å². The molecule has 4 aromatic carbocycles. The van der Waals surface area contributed by atoms with Gasteiger partial charge in [0.15, 0.2) is 0 Å². The van der Waals surface area contributed by atoms with E-state index in [1.165, 1.54) is 27.7 Å². The molecule has 0 aliphatic heterocycles. The molecule has 0 unspecified atom stereocenters. The molecule has 0 radical (unpaired) electrons. The Bertz CT molecular complexity index is 2460. The van der Waals surface area contributed by atoms with Gasteiger partial charge in [-0.2, -0.15) is 0 Å². The first kappa shape index (κ1) is 62.7. The topological polar surface area (TPSA) is 270 Å². The van der Waals surface area contributed by atoms with Crippen LogP contribution in [0.5, 0.6) is 23.0 Å². The summed E-state index contributed by atoms with van der Waals surface area (Å²) >= 11 is 0. The van der Waals surface area contributed by atoms with E-state index in [-0.39, 0.29) is 49.3 Å². The number of nitrogens with one attached hydrogen (secondary N) is 8. The third-order valence-electron chi connectivity index (χ3n) is 12.6. The van der Waals surface area contributed by atoms with Gasteiger partial charge in [-0.05, 0) is 102 Å². The minimum absolute atomic E-state index is 0.108. The van der Waals surface area contributed by atoms with Crippen molar-refractivity contribution in [3.8, 4) is 23.0 Å². The van der Waals surface area contributed by atoms with Crippen molar-refractivity contribution < 1.29 is 57.3 Å². The van der Waals surface area contributed by atoms with E-state index in [2.05, 4.69) is 42.5 Å². The highest BCUT2D eigenvalue weighted by Crippen LogP contribution is 2.43. The fourth-order valence-electron chi connectivity index (χ4n) is 9.22. The van der Waals surface area contributed by atoms with Gasteiger partial charge < -0.3 is 61.5 Å². The lowest BCUT2D eigenvalue weighted by Gasteiger charge is -2.25. The predicted molar refractivity (Wildman–Crippen MR) is 308 cm³/mol. The standard InChI is InChI=1S/C60H80N8O12/c1-13-17-77-53-41-21-43-27-50(66-58(74)34(6)62-38(10)70)29-45(54(43)78-18-14-2)23-47-31-52(68-60(76)36(8)64-40(12)72)32-48(56(47)80-20-16-4)24-46-30-51(67-59(75)35(7)63-39(11)71)28-44(55(46)79-19-15-3)22-42(53)26-49(25-41)65-57(73)33(5)61-37(9)69/h25-36H,13-24H2,1-12H3,(H,61,69)(H,62,70)(H,63,71)(H,64,72)(H,65,73)(H,66,74)(H,67,75)(H,68,76)/t33-,34-,35-,36-/m0/s1. The van der Waals surface area contributed by atoms with Crippen LogP contribution in [0.15, 0.2) is 48.5 Å². The fourth-order valence-corrected chi connectivity index (χ4v) is 9.22. The monoisotopic (exact) mass is 1100 g/mol. The van der Waals surface area contributed by atoms with Gasteiger partial charge in [0.05, 0.1) is 26.4 Å². The number of hydrogen-bond donors (Lipinski definition) is 8. The van der Waals surface area contributed by atoms with Gasteiger partial charge in [0, 0.05) is 121 Å². The second-order valence-corrected chi connectivity index (χ2v) is 20.2. The van der Waals surface area contributed by atoms with Crippen LogP contribution < -0.4 is 61.5 Å². The van der Waals surface area contributed by atoms with E-state index >= 15 is 0 Å². The number of carbonyl (C=O) groups is 8. The summed E-state index contributed by atoms with van der Waals surface area (Å²) in [6.45, 7) is 20.8. The van der Waals surface area contributed by atoms with Crippen LogP contribution in [0.2, 0.25) is 0 Å². The first-order valence-corrected chi connectivity index (χ1v) is 27.5. The molecule has 0 heterocycles. The molecule has 8 amide bonds. The van der Waals surface area contributed by atoms with Gasteiger partial charge in [-0.3, -0.25) is 38.4 Å². The molecule has 432 valence electrons. The molecule has 8 bridgehead atoms. The Balaban J connectivity index is 1.99. The number of amides is 8. The highest BCUT2D eigenvalue weighted by molar-refractivity contribution is 5.99. The van der Waals surface area contributed by atoms with E-state index in [9.17, 15) is 38.4 Å². The molecular weight excluding hydrogens is 1020 g/mol. The number of hydrogen-bond acceptors (Lipinski definition) is 12. The fraction of sp³-hybridized carbons (Fsp3) is 0.467. The Morgan fingerprint density at radius 3 is 0.637 bits per heavy atom. The zero-order valence-electron chi connectivity index (χ0n) is 48.3. The van der Waals surface area contributed by atoms with Crippen LogP contribution in [0.1, 0.15) is 153 Å². The number of anilines is 4. The van der Waals surface area contributed by atoms with Crippen molar-refractivity contribution in [2.45, 2.75) is 159 Å². The van der Waals surface area contributed by atoms with E-state index in [1.807, 2.05) is 27.7 Å². The molecule has 0 fully saturated rings. The summed E-state index contributed by atoms with van der Waals surface area (Å²) in [5.74, 6) is -1.50. The number of benzene rings is 4. The van der Waals surface area contributed by atoms with Crippen LogP contribution in [0, 0.1) is 0 Å². The molecule has 8 N–H and O–H groups in total. The highest BCUT2D eigenvalue weighted by atomic mass is 16.5. The van der Waals surface area contributed by atoms with Gasteiger partial charge in [-0.1, -0.05) is 27.7 Å². The highest BCUT2D eigenvalue weighted by Gasteiger charge is 2.28. The Kier molecular flexibility index (Phi) is 23.3. The lowest BCUT2D eigenvalue weighted by molar-refractivity contribution is -0.124. The molecule has 20 heteroatoms. The minimum Gasteiger partial charge on any atom is -0.493 e. The molecule has 4 aromatic rings. The Morgan fingerprint density at radius 2 is 0.500 bits per heavy atom. The lowest BCUT2D eigenvalue weighted by Crippen LogP contribution is -2.40. The molecule has 1 aliphatic rings. The summed E-state index contributed by atoms with van der Waals surface area (Å²) in [6.07, 6.45) is 2.96. The molecule has 1 aliphatic carbocycles. The van der Waals surface area contributed by atoms with Crippen molar-refractivity contribution in [3.63, 3.8) is 0 Å². The van der Waals surface area contributed by atoms with Crippen molar-refractivity contribution >= 4 is 70.0 Å². The number of fused-ring (bicyclic) bond motifs is 8. The molecule has 0 spiro atoms. The average Bonchev–Trinajstić information content (AvgIpc) is 3.36. The first-order chi connectivity index (χ1) is 38.0. The van der Waals surface area contributed by atoms with Crippen molar-refractivity contribution in [1.29, 1.82) is 0 Å². The summed E-state index contributed by atoms with van der Waals surface area (Å²) in [5.41, 5.74) is 6.45. The molecule has 80 heavy (non-hydrogen) atoms. The summed E-state index contributed by atoms with van der Waals surface area (Å²) in [4.78, 5) is 104. The van der Waals surface area contributed by atoms with Crippen molar-refractivity contribution in [1.82, 2.24) is 21.3 Å². The van der Waals surface area contributed by atoms with E-state index in [0.717, 1.165) is 0 Å². The lowest BCUT2D eigenvalue weighted by atomic mass is 9.90. The van der Waals surface area contributed by atoms with Crippen LogP contribution in [0.3, 0.4) is 0 Å². The predicted octanol–water partition coefficient (Wildman–Crippen LogP) is 7.37. The van der Waals surface area contributed by atoms with Crippen LogP contribution in [0.4, 0.5) is 22.7 Å². The second-order valence-electron chi connectivity index (χ2n) is 20.2. The summed E-state index contributed by atoms with van der Waals surface area (Å²) in [5, 5.41) is 22.7. The SMILES string of the molecule is CCCOc1c2cc(NC(=O)[C@H](C)NC(C)=O)cc1Cc1cc(NC(=O)[C@H](C)NC(C)=O)cc(c1OCCC)Cc1cc(NC(=O)[C@H](C)NC(C)=O)cc(c1OCCC)Cc1cc(NC(=O)[C@H](C)NC(C)=O)cc(c1OCCC)C2. The Hall–Kier alpha value is -8.16. The third-order valence-corrected chi connectivity index (χ3v) is 12.6. The van der Waals surface area contributed by atoms with Crippen molar-refractivity contribution in [2.75, 3.05) is 47.7 Å². The molecule has 4 atom stereocenters. The Labute approximate surface area is 469 Å². The maximum Gasteiger partial charge on any atom is 0.246 e. The summed E-state index contributed by atoms with van der Waals surface area (Å²) in [7, 11) is 0. The quantitative estimate of drug-likeness (QED) is 0.0301. The number of ether oxygens (including phenoxy) is 4. The second kappa shape index (κ2) is 29.7. The van der Waals surface area contributed by atoms with Gasteiger partial charge in [-0.15, -0.1) is 0 Å². The summed E-state index contributed by atoms with van der Waals surface area (Å²) in [6, 6.07) is 10.8. The maximum absolute atomic E-state index is 13.9. The van der Waals surface area contributed by atoms with Crippen molar-refractivity contribution in [3.05, 3.63) is 93.0 Å². The first-order valence-electron chi connectivity index (χ1n) is 27.5. The van der Waals surface area contributed by atoms with Crippen molar-refractivity contribution in [2.24, 2.45) is 0 Å². The largest absolute Gasteiger partial charge is 0.493 e. The van der Waals surface area contributed by atoms with Gasteiger partial charge in [-0.25, -0.2) is 0 Å². The van der Waals surface area contributed by atoms with E-state index in [1.54, 1.807) is 76.2 Å². The van der Waals surface area contributed by atoms with Crippen LogP contribution >= 0.6 is 0 Å². The van der Waals surface area contributed by atoms with E-state index in [4.69, 9.17) is 18.9 Å². The zero-order valence-corrected chi connectivity index (χ0v) is 48.3. The smallest absolute Gasteiger partial charge is 0.246 e. The molecular formula is C60H80N8O12. The summed E-state index contributed by atoms with van der Waals surface area (Å²) < 4.78 is 27.0. The number of rotatable bonds is 24. The van der Waals surface area contributed by atoms with E-state index in [0.29, 0.717) is 142 Å². The minimum atomic E-state index is -0.910. The normalized spacial score (nSPS) is 13.2. The van der Waals surface area contributed by atoms with E-state index < -0.39 is 47.8 Å². The number of carbonyl (C=O) groups excluding carboxylic acids is 8. The molecule has 0 saturated carbocycles. The van der Waals surface area contributed by atoms with Crippen LogP contribution in [-0.2, 0) is 64.0 Å².